The Kier molecular flexibility index (Phi) is 4.31. The minimum absolute atomic E-state index is 0.596. The summed E-state index contributed by atoms with van der Waals surface area (Å²) in [7, 11) is 4.20. The number of rotatable bonds is 6. The van der Waals surface area contributed by atoms with Crippen LogP contribution in [-0.4, -0.2) is 46.1 Å². The van der Waals surface area contributed by atoms with E-state index in [2.05, 4.69) is 64.9 Å². The Hall–Kier alpha value is -1.33. The third-order valence-corrected chi connectivity index (χ3v) is 4.58. The molecular weight excluding hydrogens is 280 g/mol. The van der Waals surface area contributed by atoms with Gasteiger partial charge in [0.05, 0.1) is 0 Å². The van der Waals surface area contributed by atoms with E-state index in [1.165, 1.54) is 24.0 Å². The molecule has 1 aromatic heterocycles. The van der Waals surface area contributed by atoms with E-state index in [0.29, 0.717) is 6.04 Å². The molecule has 1 aromatic carbocycles. The second kappa shape index (κ2) is 6.20. The van der Waals surface area contributed by atoms with Crippen molar-refractivity contribution in [2.24, 2.45) is 0 Å². The number of benzene rings is 1. The molecule has 1 aliphatic rings. The number of aromatic nitrogens is 3. The van der Waals surface area contributed by atoms with Crippen LogP contribution in [0.15, 0.2) is 29.4 Å². The average Bonchev–Trinajstić information content (AvgIpc) is 3.21. The van der Waals surface area contributed by atoms with Gasteiger partial charge in [-0.05, 0) is 33.9 Å². The first-order chi connectivity index (χ1) is 10.1. The fourth-order valence-electron chi connectivity index (χ4n) is 2.26. The second-order valence-corrected chi connectivity index (χ2v) is 6.99. The molecule has 0 spiro atoms. The maximum Gasteiger partial charge on any atom is 0.191 e. The summed E-state index contributed by atoms with van der Waals surface area (Å²) in [6.45, 7) is 3.17. The van der Waals surface area contributed by atoms with Gasteiger partial charge in [-0.3, -0.25) is 4.57 Å². The monoisotopic (exact) mass is 302 g/mol. The second-order valence-electron chi connectivity index (χ2n) is 5.93. The van der Waals surface area contributed by atoms with Crippen molar-refractivity contribution in [3.63, 3.8) is 0 Å². The van der Waals surface area contributed by atoms with Crippen LogP contribution in [0.1, 0.15) is 24.4 Å². The lowest BCUT2D eigenvalue weighted by Crippen LogP contribution is -2.15. The molecule has 0 amide bonds. The van der Waals surface area contributed by atoms with Gasteiger partial charge in [-0.15, -0.1) is 10.2 Å². The van der Waals surface area contributed by atoms with Gasteiger partial charge in [0, 0.05) is 23.9 Å². The first kappa shape index (κ1) is 14.6. The van der Waals surface area contributed by atoms with Gasteiger partial charge in [-0.2, -0.15) is 0 Å². The maximum atomic E-state index is 4.45. The summed E-state index contributed by atoms with van der Waals surface area (Å²) in [5.74, 6) is 2.07. The van der Waals surface area contributed by atoms with Gasteiger partial charge >= 0.3 is 0 Å². The van der Waals surface area contributed by atoms with Gasteiger partial charge in [-0.25, -0.2) is 0 Å². The van der Waals surface area contributed by atoms with Gasteiger partial charge in [0.1, 0.15) is 0 Å². The van der Waals surface area contributed by atoms with Crippen LogP contribution in [-0.2, 0) is 0 Å². The zero-order valence-corrected chi connectivity index (χ0v) is 13.7. The number of hydrogen-bond donors (Lipinski definition) is 0. The van der Waals surface area contributed by atoms with Crippen LogP contribution < -0.4 is 0 Å². The van der Waals surface area contributed by atoms with E-state index in [0.717, 1.165) is 23.3 Å². The summed E-state index contributed by atoms with van der Waals surface area (Å²) in [5, 5.41) is 9.95. The highest BCUT2D eigenvalue weighted by molar-refractivity contribution is 7.99. The van der Waals surface area contributed by atoms with Gasteiger partial charge < -0.3 is 4.90 Å². The molecule has 3 rings (SSSR count). The molecule has 1 saturated carbocycles. The topological polar surface area (TPSA) is 34.0 Å². The van der Waals surface area contributed by atoms with Crippen molar-refractivity contribution in [2.75, 3.05) is 26.4 Å². The highest BCUT2D eigenvalue weighted by Crippen LogP contribution is 2.41. The Labute approximate surface area is 130 Å². The predicted molar refractivity (Wildman–Crippen MR) is 87.7 cm³/mol. The van der Waals surface area contributed by atoms with Crippen LogP contribution in [0.5, 0.6) is 0 Å². The van der Waals surface area contributed by atoms with Crippen LogP contribution in [0.2, 0.25) is 0 Å². The van der Waals surface area contributed by atoms with Gasteiger partial charge in [0.15, 0.2) is 11.0 Å². The molecule has 0 unspecified atom stereocenters. The first-order valence-electron chi connectivity index (χ1n) is 7.44. The Bertz CT molecular complexity index is 599. The minimum atomic E-state index is 0.596. The number of hydrogen-bond acceptors (Lipinski definition) is 4. The Morgan fingerprint density at radius 2 is 1.90 bits per heavy atom. The summed E-state index contributed by atoms with van der Waals surface area (Å²) < 4.78 is 2.34. The molecule has 1 fully saturated rings. The van der Waals surface area contributed by atoms with Crippen LogP contribution in [0.25, 0.3) is 11.4 Å². The molecule has 2 aromatic rings. The Morgan fingerprint density at radius 1 is 1.19 bits per heavy atom. The molecule has 21 heavy (non-hydrogen) atoms. The van der Waals surface area contributed by atoms with Crippen LogP contribution in [0.4, 0.5) is 0 Å². The molecule has 0 saturated heterocycles. The molecule has 0 atom stereocenters. The summed E-state index contributed by atoms with van der Waals surface area (Å²) in [6, 6.07) is 9.16. The lowest BCUT2D eigenvalue weighted by Gasteiger charge is -2.11. The molecule has 4 nitrogen and oxygen atoms in total. The van der Waals surface area contributed by atoms with E-state index in [1.54, 1.807) is 0 Å². The van der Waals surface area contributed by atoms with Crippen molar-refractivity contribution in [2.45, 2.75) is 31.0 Å². The lowest BCUT2D eigenvalue weighted by atomic mass is 10.1. The van der Waals surface area contributed by atoms with Crippen LogP contribution >= 0.6 is 11.8 Å². The highest BCUT2D eigenvalue weighted by atomic mass is 32.2. The van der Waals surface area contributed by atoms with Crippen molar-refractivity contribution >= 4 is 11.8 Å². The van der Waals surface area contributed by atoms with Gasteiger partial charge in [0.2, 0.25) is 0 Å². The zero-order valence-electron chi connectivity index (χ0n) is 12.9. The summed E-state index contributed by atoms with van der Waals surface area (Å²) in [4.78, 5) is 2.20. The van der Waals surface area contributed by atoms with Crippen molar-refractivity contribution in [3.05, 3.63) is 29.8 Å². The average molecular weight is 302 g/mol. The normalized spacial score (nSPS) is 14.9. The van der Waals surface area contributed by atoms with Crippen molar-refractivity contribution < 1.29 is 0 Å². The van der Waals surface area contributed by atoms with E-state index in [-0.39, 0.29) is 0 Å². The summed E-state index contributed by atoms with van der Waals surface area (Å²) >= 11 is 1.81. The SMILES string of the molecule is Cc1ccc(-c2nnc(SCCN(C)C)n2C2CC2)cc1. The largest absolute Gasteiger partial charge is 0.309 e. The van der Waals surface area contributed by atoms with E-state index in [4.69, 9.17) is 0 Å². The fourth-order valence-corrected chi connectivity index (χ4v) is 3.37. The van der Waals surface area contributed by atoms with E-state index >= 15 is 0 Å². The molecule has 5 heteroatoms. The number of aryl methyl sites for hydroxylation is 1. The van der Waals surface area contributed by atoms with Crippen molar-refractivity contribution in [1.82, 2.24) is 19.7 Å². The summed E-state index contributed by atoms with van der Waals surface area (Å²) in [6.07, 6.45) is 2.50. The van der Waals surface area contributed by atoms with Crippen LogP contribution in [0, 0.1) is 6.92 Å². The zero-order chi connectivity index (χ0) is 14.8. The molecule has 0 radical (unpaired) electrons. The Balaban J connectivity index is 1.84. The molecule has 0 N–H and O–H groups in total. The standard InChI is InChI=1S/C16H22N4S/c1-12-4-6-13(7-5-12)15-17-18-16(20(15)14-8-9-14)21-11-10-19(2)3/h4-7,14H,8-11H2,1-3H3. The number of thioether (sulfide) groups is 1. The predicted octanol–water partition coefficient (Wildman–Crippen LogP) is 3.24. The third kappa shape index (κ3) is 3.47. The molecule has 0 aliphatic heterocycles. The quantitative estimate of drug-likeness (QED) is 0.767. The molecular formula is C16H22N4S. The van der Waals surface area contributed by atoms with Crippen molar-refractivity contribution in [3.8, 4) is 11.4 Å². The van der Waals surface area contributed by atoms with E-state index < -0.39 is 0 Å². The molecule has 1 aliphatic carbocycles. The highest BCUT2D eigenvalue weighted by Gasteiger charge is 2.30. The smallest absolute Gasteiger partial charge is 0.191 e. The van der Waals surface area contributed by atoms with Crippen LogP contribution in [0.3, 0.4) is 0 Å². The Morgan fingerprint density at radius 3 is 2.52 bits per heavy atom. The van der Waals surface area contributed by atoms with E-state index in [1.807, 2.05) is 11.8 Å². The van der Waals surface area contributed by atoms with E-state index in [9.17, 15) is 0 Å². The van der Waals surface area contributed by atoms with Crippen molar-refractivity contribution in [1.29, 1.82) is 0 Å². The van der Waals surface area contributed by atoms with Gasteiger partial charge in [-0.1, -0.05) is 41.6 Å². The van der Waals surface area contributed by atoms with Gasteiger partial charge in [0.25, 0.3) is 0 Å². The summed E-state index contributed by atoms with van der Waals surface area (Å²) in [5.41, 5.74) is 2.44. The third-order valence-electron chi connectivity index (χ3n) is 3.66. The molecule has 112 valence electrons. The number of nitrogens with zero attached hydrogens (tertiary/aromatic N) is 4. The fraction of sp³-hybridized carbons (Fsp3) is 0.500. The minimum Gasteiger partial charge on any atom is -0.309 e. The lowest BCUT2D eigenvalue weighted by molar-refractivity contribution is 0.437. The molecule has 1 heterocycles. The maximum absolute atomic E-state index is 4.45. The first-order valence-corrected chi connectivity index (χ1v) is 8.43. The molecule has 0 bridgehead atoms.